The topological polar surface area (TPSA) is 66.8 Å². The summed E-state index contributed by atoms with van der Waals surface area (Å²) in [6.07, 6.45) is -0.481. The number of hydrogen-bond donors (Lipinski definition) is 1. The van der Waals surface area contributed by atoms with Gasteiger partial charge in [0.1, 0.15) is 0 Å². The number of carboxylic acids is 1. The first-order valence-electron chi connectivity index (χ1n) is 6.32. The molecule has 1 aliphatic heterocycles. The molecular formula is C14H16FNO4. The van der Waals surface area contributed by atoms with Crippen LogP contribution in [0.2, 0.25) is 0 Å². The first kappa shape index (κ1) is 14.3. The van der Waals surface area contributed by atoms with Gasteiger partial charge in [0, 0.05) is 25.6 Å². The Morgan fingerprint density at radius 3 is 2.85 bits per heavy atom. The molecule has 1 aliphatic rings. The van der Waals surface area contributed by atoms with Crippen molar-refractivity contribution in [2.24, 2.45) is 5.92 Å². The molecule has 0 saturated carbocycles. The van der Waals surface area contributed by atoms with Gasteiger partial charge < -0.3 is 14.7 Å². The maximum Gasteiger partial charge on any atom is 0.308 e. The lowest BCUT2D eigenvalue weighted by Crippen LogP contribution is -2.42. The van der Waals surface area contributed by atoms with Gasteiger partial charge in [-0.05, 0) is 6.07 Å². The van der Waals surface area contributed by atoms with Crippen molar-refractivity contribution < 1.29 is 23.8 Å². The summed E-state index contributed by atoms with van der Waals surface area (Å²) in [6, 6.07) is 4.56. The molecule has 0 aliphatic carbocycles. The molecule has 1 aromatic rings. The number of halogens is 1. The standard InChI is InChI=1S/C14H16FNO4/c1-8(14(18)19)7-16(2)13(17)11-6-9-4-3-5-10(15)12(9)20-11/h3-5,8,11H,6-7H2,1-2H3,(H,18,19)/t8-,11-/m0/s1. The normalized spacial score (nSPS) is 18.1. The lowest BCUT2D eigenvalue weighted by molar-refractivity contribution is -0.144. The van der Waals surface area contributed by atoms with Gasteiger partial charge in [0.05, 0.1) is 5.92 Å². The van der Waals surface area contributed by atoms with Crippen LogP contribution in [0.5, 0.6) is 5.75 Å². The van der Waals surface area contributed by atoms with E-state index in [-0.39, 0.29) is 18.2 Å². The van der Waals surface area contributed by atoms with Gasteiger partial charge in [0.25, 0.3) is 5.91 Å². The molecule has 0 spiro atoms. The number of aliphatic carboxylic acids is 1. The number of benzene rings is 1. The predicted octanol–water partition coefficient (Wildman–Crippen LogP) is 1.31. The highest BCUT2D eigenvalue weighted by molar-refractivity contribution is 5.83. The van der Waals surface area contributed by atoms with Crippen molar-refractivity contribution in [3.63, 3.8) is 0 Å². The van der Waals surface area contributed by atoms with Gasteiger partial charge >= 0.3 is 5.97 Å². The van der Waals surface area contributed by atoms with Crippen molar-refractivity contribution in [1.29, 1.82) is 0 Å². The number of rotatable bonds is 4. The Kier molecular flexibility index (Phi) is 3.92. The van der Waals surface area contributed by atoms with Gasteiger partial charge in [-0.15, -0.1) is 0 Å². The first-order valence-corrected chi connectivity index (χ1v) is 6.32. The van der Waals surface area contributed by atoms with Crippen LogP contribution in [0, 0.1) is 11.7 Å². The number of carbonyl (C=O) groups excluding carboxylic acids is 1. The van der Waals surface area contributed by atoms with E-state index >= 15 is 0 Å². The van der Waals surface area contributed by atoms with Gasteiger partial charge in [0.15, 0.2) is 17.7 Å². The smallest absolute Gasteiger partial charge is 0.308 e. The van der Waals surface area contributed by atoms with E-state index in [2.05, 4.69) is 0 Å². The summed E-state index contributed by atoms with van der Waals surface area (Å²) in [5.41, 5.74) is 0.656. The molecular weight excluding hydrogens is 265 g/mol. The van der Waals surface area contributed by atoms with Gasteiger partial charge in [-0.25, -0.2) is 4.39 Å². The summed E-state index contributed by atoms with van der Waals surface area (Å²) in [5, 5.41) is 8.84. The molecule has 108 valence electrons. The summed E-state index contributed by atoms with van der Waals surface area (Å²) in [5.74, 6) is -2.34. The Morgan fingerprint density at radius 1 is 1.55 bits per heavy atom. The second kappa shape index (κ2) is 5.48. The quantitative estimate of drug-likeness (QED) is 0.903. The highest BCUT2D eigenvalue weighted by Gasteiger charge is 2.33. The van der Waals surface area contributed by atoms with E-state index in [9.17, 15) is 14.0 Å². The van der Waals surface area contributed by atoms with Crippen molar-refractivity contribution >= 4 is 11.9 Å². The number of nitrogens with zero attached hydrogens (tertiary/aromatic N) is 1. The van der Waals surface area contributed by atoms with Crippen LogP contribution in [-0.4, -0.2) is 41.6 Å². The molecule has 0 aromatic heterocycles. The van der Waals surface area contributed by atoms with Gasteiger partial charge in [-0.2, -0.15) is 0 Å². The average Bonchev–Trinajstić information content (AvgIpc) is 2.83. The van der Waals surface area contributed by atoms with Crippen LogP contribution < -0.4 is 4.74 Å². The van der Waals surface area contributed by atoms with E-state index in [1.807, 2.05) is 0 Å². The third kappa shape index (κ3) is 2.74. The fraction of sp³-hybridized carbons (Fsp3) is 0.429. The second-order valence-electron chi connectivity index (χ2n) is 5.00. The highest BCUT2D eigenvalue weighted by Crippen LogP contribution is 2.31. The summed E-state index contributed by atoms with van der Waals surface area (Å²) in [6.45, 7) is 1.61. The molecule has 1 N–H and O–H groups in total. The Bertz CT molecular complexity index is 546. The van der Waals surface area contributed by atoms with E-state index in [1.165, 1.54) is 24.9 Å². The van der Waals surface area contributed by atoms with Crippen molar-refractivity contribution in [2.75, 3.05) is 13.6 Å². The molecule has 0 radical (unpaired) electrons. The summed E-state index contributed by atoms with van der Waals surface area (Å²) >= 11 is 0. The van der Waals surface area contributed by atoms with Gasteiger partial charge in [-0.3, -0.25) is 9.59 Å². The maximum atomic E-state index is 13.5. The summed E-state index contributed by atoms with van der Waals surface area (Å²) in [4.78, 5) is 24.3. The van der Waals surface area contributed by atoms with Crippen molar-refractivity contribution in [1.82, 2.24) is 4.90 Å². The zero-order chi connectivity index (χ0) is 14.9. The molecule has 0 fully saturated rings. The Labute approximate surface area is 116 Å². The Hall–Kier alpha value is -2.11. The Balaban J connectivity index is 2.02. The maximum absolute atomic E-state index is 13.5. The van der Waals surface area contributed by atoms with E-state index in [0.29, 0.717) is 12.0 Å². The fourth-order valence-electron chi connectivity index (χ4n) is 2.19. The predicted molar refractivity (Wildman–Crippen MR) is 69.0 cm³/mol. The minimum absolute atomic E-state index is 0.0901. The summed E-state index contributed by atoms with van der Waals surface area (Å²) < 4.78 is 18.9. The van der Waals surface area contributed by atoms with Crippen LogP contribution in [0.4, 0.5) is 4.39 Å². The third-order valence-electron chi connectivity index (χ3n) is 3.33. The monoisotopic (exact) mass is 281 g/mol. The number of amides is 1. The summed E-state index contributed by atoms with van der Waals surface area (Å²) in [7, 11) is 1.52. The third-order valence-corrected chi connectivity index (χ3v) is 3.33. The molecule has 2 atom stereocenters. The van der Waals surface area contributed by atoms with Crippen molar-refractivity contribution in [2.45, 2.75) is 19.4 Å². The lowest BCUT2D eigenvalue weighted by atomic mass is 10.1. The molecule has 6 heteroatoms. The Morgan fingerprint density at radius 2 is 2.25 bits per heavy atom. The minimum atomic E-state index is -0.966. The van der Waals surface area contributed by atoms with Gasteiger partial charge in [-0.1, -0.05) is 19.1 Å². The highest BCUT2D eigenvalue weighted by atomic mass is 19.1. The largest absolute Gasteiger partial charge is 0.481 e. The lowest BCUT2D eigenvalue weighted by Gasteiger charge is -2.22. The van der Waals surface area contributed by atoms with Crippen LogP contribution in [0.15, 0.2) is 18.2 Å². The zero-order valence-corrected chi connectivity index (χ0v) is 11.3. The minimum Gasteiger partial charge on any atom is -0.481 e. The number of carboxylic acid groups (broad SMARTS) is 1. The van der Waals surface area contributed by atoms with Crippen LogP contribution in [0.1, 0.15) is 12.5 Å². The van der Waals surface area contributed by atoms with Crippen LogP contribution >= 0.6 is 0 Å². The molecule has 20 heavy (non-hydrogen) atoms. The van der Waals surface area contributed by atoms with Gasteiger partial charge in [0.2, 0.25) is 0 Å². The van der Waals surface area contributed by atoms with Crippen LogP contribution in [0.3, 0.4) is 0 Å². The number of ether oxygens (including phenoxy) is 1. The molecule has 1 aromatic carbocycles. The van der Waals surface area contributed by atoms with E-state index in [0.717, 1.165) is 0 Å². The number of fused-ring (bicyclic) bond motifs is 1. The molecule has 1 heterocycles. The van der Waals surface area contributed by atoms with Crippen molar-refractivity contribution in [3.05, 3.63) is 29.6 Å². The molecule has 0 unspecified atom stereocenters. The van der Waals surface area contributed by atoms with E-state index in [1.54, 1.807) is 12.1 Å². The second-order valence-corrected chi connectivity index (χ2v) is 5.00. The molecule has 5 nitrogen and oxygen atoms in total. The van der Waals surface area contributed by atoms with Crippen LogP contribution in [0.25, 0.3) is 0 Å². The molecule has 1 amide bonds. The molecule has 2 rings (SSSR count). The molecule has 0 bridgehead atoms. The number of likely N-dealkylation sites (N-methyl/N-ethyl adjacent to an activating group) is 1. The number of carbonyl (C=O) groups is 2. The average molecular weight is 281 g/mol. The fourth-order valence-corrected chi connectivity index (χ4v) is 2.19. The van der Waals surface area contributed by atoms with Crippen molar-refractivity contribution in [3.8, 4) is 5.75 Å². The van der Waals surface area contributed by atoms with E-state index < -0.39 is 23.8 Å². The number of hydrogen-bond acceptors (Lipinski definition) is 3. The SMILES string of the molecule is C[C@@H](CN(C)C(=O)[C@@H]1Cc2cccc(F)c2O1)C(=O)O. The van der Waals surface area contributed by atoms with Crippen LogP contribution in [-0.2, 0) is 16.0 Å². The first-order chi connectivity index (χ1) is 9.40. The molecule has 0 saturated heterocycles. The van der Waals surface area contributed by atoms with E-state index in [4.69, 9.17) is 9.84 Å². The number of para-hydroxylation sites is 1. The zero-order valence-electron chi connectivity index (χ0n) is 11.3.